The first-order valence-corrected chi connectivity index (χ1v) is 13.3. The first-order valence-electron chi connectivity index (χ1n) is 11.5. The molecule has 5 heterocycles. The third-order valence-corrected chi connectivity index (χ3v) is 9.33. The van der Waals surface area contributed by atoms with Gasteiger partial charge in [0.1, 0.15) is 30.4 Å². The number of hydrogen-bond donors (Lipinski definition) is 1. The van der Waals surface area contributed by atoms with Crippen molar-refractivity contribution in [1.29, 1.82) is 0 Å². The third kappa shape index (κ3) is 4.78. The lowest BCUT2D eigenvalue weighted by molar-refractivity contribution is -0.938. The Labute approximate surface area is 228 Å². The molecule has 0 amide bonds. The molecule has 0 saturated carbocycles. The summed E-state index contributed by atoms with van der Waals surface area (Å²) in [6.45, 7) is 0. The normalized spacial score (nSPS) is 27.0. The lowest BCUT2D eigenvalue weighted by Crippen LogP contribution is -2.60. The maximum atomic E-state index is 13.1. The number of hydrogen-bond acceptors (Lipinski definition) is 8. The summed E-state index contributed by atoms with van der Waals surface area (Å²) in [7, 11) is 4.49. The van der Waals surface area contributed by atoms with Crippen molar-refractivity contribution < 1.29 is 33.8 Å². The van der Waals surface area contributed by atoms with Crippen molar-refractivity contribution in [3.8, 4) is 0 Å². The average Bonchev–Trinajstić information content (AvgIpc) is 3.19. The van der Waals surface area contributed by atoms with E-state index in [-0.39, 0.29) is 28.6 Å². The number of aromatic carboxylic acids is 1. The molecule has 10 heteroatoms. The topological polar surface area (TPSA) is 99.2 Å². The number of rotatable bonds is 5. The summed E-state index contributed by atoms with van der Waals surface area (Å²) < 4.78 is 12.6. The fourth-order valence-corrected chi connectivity index (χ4v) is 7.12. The molecule has 3 aliphatic rings. The van der Waals surface area contributed by atoms with E-state index in [9.17, 15) is 19.8 Å². The molecule has 3 aliphatic heterocycles. The van der Waals surface area contributed by atoms with E-state index >= 15 is 0 Å². The molecule has 0 spiro atoms. The van der Waals surface area contributed by atoms with Crippen molar-refractivity contribution in [1.82, 2.24) is 0 Å². The second-order valence-corrected chi connectivity index (χ2v) is 11.5. The van der Waals surface area contributed by atoms with E-state index in [1.54, 1.807) is 30.3 Å². The van der Waals surface area contributed by atoms with Crippen molar-refractivity contribution in [2.24, 2.45) is 0 Å². The quantitative estimate of drug-likeness (QED) is 0.277. The predicted molar refractivity (Wildman–Crippen MR) is 140 cm³/mol. The molecule has 0 radical (unpaired) electrons. The highest BCUT2D eigenvalue weighted by Gasteiger charge is 2.71. The Morgan fingerprint density at radius 2 is 1.50 bits per heavy atom. The van der Waals surface area contributed by atoms with Crippen LogP contribution in [0.5, 0.6) is 0 Å². The minimum atomic E-state index is -1.72. The van der Waals surface area contributed by atoms with Crippen LogP contribution >= 0.6 is 39.7 Å². The summed E-state index contributed by atoms with van der Waals surface area (Å²) in [6.07, 6.45) is 2.05. The van der Waals surface area contributed by atoms with Crippen LogP contribution in [-0.4, -0.2) is 66.0 Å². The van der Waals surface area contributed by atoms with E-state index in [0.717, 1.165) is 17.3 Å². The average molecular weight is 595 g/mol. The van der Waals surface area contributed by atoms with Gasteiger partial charge in [-0.2, -0.15) is 0 Å². The van der Waals surface area contributed by atoms with Crippen LogP contribution in [0.4, 0.5) is 0 Å². The van der Waals surface area contributed by atoms with Gasteiger partial charge in [-0.05, 0) is 28.5 Å². The number of aliphatic hydroxyl groups is 1. The zero-order valence-corrected chi connectivity index (χ0v) is 23.2. The molecule has 1 N–H and O–H groups in total. The van der Waals surface area contributed by atoms with Gasteiger partial charge in [-0.25, -0.2) is 4.79 Å². The highest BCUT2D eigenvalue weighted by atomic mass is 79.9. The summed E-state index contributed by atoms with van der Waals surface area (Å²) in [5, 5.41) is 25.2. The summed E-state index contributed by atoms with van der Waals surface area (Å²) >= 11 is 2.74. The number of ether oxygens (including phenoxy) is 2. The molecule has 7 nitrogen and oxygen atoms in total. The number of piperidine rings is 1. The number of quaternary nitrogens is 1. The van der Waals surface area contributed by atoms with Gasteiger partial charge in [-0.3, -0.25) is 0 Å². The number of carboxylic acid groups (broad SMARTS) is 1. The van der Waals surface area contributed by atoms with Crippen LogP contribution in [0.3, 0.4) is 0 Å². The molecule has 36 heavy (non-hydrogen) atoms. The Bertz CT molecular complexity index is 1130. The first-order chi connectivity index (χ1) is 16.7. The molecule has 1 aromatic carbocycles. The second kappa shape index (κ2) is 10.4. The number of esters is 1. The number of benzene rings is 1. The lowest BCUT2D eigenvalue weighted by Gasteiger charge is -2.45. The van der Waals surface area contributed by atoms with Crippen LogP contribution < -0.4 is 5.11 Å². The van der Waals surface area contributed by atoms with Crippen LogP contribution in [0, 0.1) is 0 Å². The minimum absolute atomic E-state index is 0. The number of carbonyl (C=O) groups excluding carboxylic acids is 2. The van der Waals surface area contributed by atoms with E-state index in [1.807, 2.05) is 22.9 Å². The molecule has 5 atom stereocenters. The Balaban J connectivity index is 0.000000260. The SMILES string of the molecule is Br.C[N+]1(C)[C@@H]2CC(OC(=O)C(O)(c3cccs3)c3cccs3)C[C@H]1[C@@H]1O[C@@H]12.O=C([O-])c1ccccc1. The van der Waals surface area contributed by atoms with E-state index < -0.39 is 17.5 Å². The number of carboxylic acids is 1. The van der Waals surface area contributed by atoms with Crippen LogP contribution in [0.15, 0.2) is 65.4 Å². The summed E-state index contributed by atoms with van der Waals surface area (Å²) in [5.74, 6) is -1.69. The standard InChI is InChI=1S/C19H22NO4S2.C7H6O2.BrH/c1-20(2)12-9-11(10-13(20)17-16(12)24-17)23-18(21)19(22,14-5-3-7-25-14)15-6-4-8-26-15;8-7(9)6-4-2-1-3-5-6;/h3-8,11-13,16-17,22H,9-10H2,1-2H3;1-5H,(H,8,9);1H/q+1;;/p-1/t11?,12-,13+,16-,17+;;. The van der Waals surface area contributed by atoms with Gasteiger partial charge in [0.05, 0.1) is 29.8 Å². The Hall–Kier alpha value is -2.08. The highest BCUT2D eigenvalue weighted by Crippen LogP contribution is 2.52. The van der Waals surface area contributed by atoms with Crippen LogP contribution in [0.1, 0.15) is 33.0 Å². The molecule has 3 saturated heterocycles. The predicted octanol–water partition coefficient (Wildman–Crippen LogP) is 2.97. The number of halogens is 1. The highest BCUT2D eigenvalue weighted by molar-refractivity contribution is 8.93. The van der Waals surface area contributed by atoms with Gasteiger partial charge in [0.25, 0.3) is 0 Å². The first kappa shape index (κ1) is 27.0. The number of fused-ring (bicyclic) bond motifs is 5. The minimum Gasteiger partial charge on any atom is -0.545 e. The maximum Gasteiger partial charge on any atom is 0.349 e. The van der Waals surface area contributed by atoms with E-state index in [0.29, 0.717) is 34.0 Å². The molecule has 6 rings (SSSR count). The molecular weight excluding hydrogens is 566 g/mol. The summed E-state index contributed by atoms with van der Waals surface area (Å²) in [4.78, 5) is 24.4. The number of epoxide rings is 1. The maximum absolute atomic E-state index is 13.1. The van der Waals surface area contributed by atoms with Crippen molar-refractivity contribution in [2.45, 2.75) is 48.8 Å². The number of likely N-dealkylation sites (N-methyl/N-ethyl adjacent to an activating group) is 1. The number of nitrogens with zero attached hydrogens (tertiary/aromatic N) is 1. The largest absolute Gasteiger partial charge is 0.545 e. The van der Waals surface area contributed by atoms with Gasteiger partial charge in [-0.1, -0.05) is 42.5 Å². The molecule has 2 aromatic heterocycles. The van der Waals surface area contributed by atoms with Crippen molar-refractivity contribution in [2.75, 3.05) is 14.1 Å². The summed E-state index contributed by atoms with van der Waals surface area (Å²) in [5.41, 5.74) is -1.50. The zero-order valence-electron chi connectivity index (χ0n) is 19.8. The fraction of sp³-hybridized carbons (Fsp3) is 0.385. The van der Waals surface area contributed by atoms with E-state index in [4.69, 9.17) is 9.47 Å². The van der Waals surface area contributed by atoms with Gasteiger partial charge in [0.15, 0.2) is 0 Å². The molecule has 192 valence electrons. The molecule has 1 unspecified atom stereocenters. The molecule has 3 fully saturated rings. The third-order valence-electron chi connectivity index (χ3n) is 7.37. The van der Waals surface area contributed by atoms with Crippen molar-refractivity contribution >= 4 is 51.6 Å². The number of thiophene rings is 2. The van der Waals surface area contributed by atoms with E-state index in [1.165, 1.54) is 34.8 Å². The fourth-order valence-electron chi connectivity index (χ4n) is 5.40. The van der Waals surface area contributed by atoms with Crippen LogP contribution in [0.2, 0.25) is 0 Å². The molecule has 2 bridgehead atoms. The van der Waals surface area contributed by atoms with Gasteiger partial charge in [-0.15, -0.1) is 39.7 Å². The molecule has 0 aliphatic carbocycles. The monoisotopic (exact) mass is 593 g/mol. The van der Waals surface area contributed by atoms with E-state index in [2.05, 4.69) is 14.1 Å². The lowest BCUT2D eigenvalue weighted by atomic mass is 9.95. The van der Waals surface area contributed by atoms with Crippen LogP contribution in [-0.2, 0) is 19.9 Å². The summed E-state index contributed by atoms with van der Waals surface area (Å²) in [6, 6.07) is 16.1. The van der Waals surface area contributed by atoms with Crippen molar-refractivity contribution in [3.63, 3.8) is 0 Å². The van der Waals surface area contributed by atoms with Gasteiger partial charge in [0, 0.05) is 12.8 Å². The van der Waals surface area contributed by atoms with Crippen LogP contribution in [0.25, 0.3) is 0 Å². The number of morpholine rings is 1. The van der Waals surface area contributed by atoms with Gasteiger partial charge < -0.3 is 29.0 Å². The Morgan fingerprint density at radius 3 is 1.92 bits per heavy atom. The second-order valence-electron chi connectivity index (χ2n) is 9.65. The molecular formula is C26H28BrNO6S2. The zero-order chi connectivity index (χ0) is 24.8. The van der Waals surface area contributed by atoms with Gasteiger partial charge >= 0.3 is 5.97 Å². The smallest absolute Gasteiger partial charge is 0.349 e. The Morgan fingerprint density at radius 1 is 0.972 bits per heavy atom. The number of carbonyl (C=O) groups is 2. The van der Waals surface area contributed by atoms with Gasteiger partial charge in [0.2, 0.25) is 5.60 Å². The van der Waals surface area contributed by atoms with Crippen molar-refractivity contribution in [3.05, 3.63) is 80.7 Å². The Kier molecular flexibility index (Phi) is 7.76. The molecule has 3 aromatic rings.